The van der Waals surface area contributed by atoms with Crippen LogP contribution in [0.25, 0.3) is 22.2 Å². The molecule has 0 amide bonds. The van der Waals surface area contributed by atoms with E-state index in [-0.39, 0.29) is 0 Å². The third-order valence-electron chi connectivity index (χ3n) is 3.83. The zero-order valence-corrected chi connectivity index (χ0v) is 13.2. The van der Waals surface area contributed by atoms with Crippen molar-refractivity contribution in [1.82, 2.24) is 9.55 Å². The van der Waals surface area contributed by atoms with Crippen molar-refractivity contribution in [2.24, 2.45) is 5.92 Å². The van der Waals surface area contributed by atoms with Crippen LogP contribution in [-0.2, 0) is 6.54 Å². The third kappa shape index (κ3) is 2.60. The van der Waals surface area contributed by atoms with Crippen LogP contribution in [0, 0.1) is 24.2 Å². The predicted octanol–water partition coefficient (Wildman–Crippen LogP) is 4.54. The van der Waals surface area contributed by atoms with Gasteiger partial charge in [0.1, 0.15) is 0 Å². The monoisotopic (exact) mass is 289 g/mol. The van der Waals surface area contributed by atoms with Gasteiger partial charge in [-0.3, -0.25) is 4.98 Å². The molecule has 3 heteroatoms. The van der Waals surface area contributed by atoms with Gasteiger partial charge in [0.15, 0.2) is 0 Å². The second-order valence-corrected chi connectivity index (χ2v) is 6.11. The highest BCUT2D eigenvalue weighted by atomic mass is 15.0. The van der Waals surface area contributed by atoms with Gasteiger partial charge >= 0.3 is 0 Å². The summed E-state index contributed by atoms with van der Waals surface area (Å²) in [5, 5.41) is 10.2. The molecular formula is C19H19N3. The fraction of sp³-hybridized carbons (Fsp3) is 0.263. The summed E-state index contributed by atoms with van der Waals surface area (Å²) >= 11 is 0. The molecule has 0 bridgehead atoms. The van der Waals surface area contributed by atoms with Crippen LogP contribution >= 0.6 is 0 Å². The van der Waals surface area contributed by atoms with E-state index in [0.717, 1.165) is 17.8 Å². The maximum atomic E-state index is 9.03. The molecule has 3 nitrogen and oxygen atoms in total. The first-order valence-corrected chi connectivity index (χ1v) is 7.55. The smallest absolute Gasteiger partial charge is 0.0991 e. The average Bonchev–Trinajstić information content (AvgIpc) is 2.82. The van der Waals surface area contributed by atoms with Gasteiger partial charge in [0, 0.05) is 23.2 Å². The number of rotatable bonds is 3. The Balaban J connectivity index is 2.09. The van der Waals surface area contributed by atoms with Crippen molar-refractivity contribution in [2.45, 2.75) is 27.3 Å². The number of hydrogen-bond donors (Lipinski definition) is 0. The number of fused-ring (bicyclic) bond motifs is 1. The molecule has 110 valence electrons. The van der Waals surface area contributed by atoms with Crippen molar-refractivity contribution < 1.29 is 0 Å². The van der Waals surface area contributed by atoms with E-state index < -0.39 is 0 Å². The lowest BCUT2D eigenvalue weighted by molar-refractivity contribution is 0.527. The molecule has 0 saturated carbocycles. The van der Waals surface area contributed by atoms with Crippen LogP contribution in [0.5, 0.6) is 0 Å². The Kier molecular flexibility index (Phi) is 3.68. The normalized spacial score (nSPS) is 11.0. The van der Waals surface area contributed by atoms with E-state index in [2.05, 4.69) is 48.5 Å². The summed E-state index contributed by atoms with van der Waals surface area (Å²) in [5.74, 6) is 0.598. The largest absolute Gasteiger partial charge is 0.343 e. The van der Waals surface area contributed by atoms with E-state index >= 15 is 0 Å². The SMILES string of the molecule is Cc1cc2cc(-c3cccc(C#N)c3)ncc2n1CC(C)C. The lowest BCUT2D eigenvalue weighted by Gasteiger charge is -2.11. The number of aromatic nitrogens is 2. The highest BCUT2D eigenvalue weighted by Crippen LogP contribution is 2.25. The average molecular weight is 289 g/mol. The number of nitriles is 1. The van der Waals surface area contributed by atoms with Crippen LogP contribution in [0.15, 0.2) is 42.6 Å². The Morgan fingerprint density at radius 2 is 2.05 bits per heavy atom. The highest BCUT2D eigenvalue weighted by Gasteiger charge is 2.09. The van der Waals surface area contributed by atoms with E-state index in [4.69, 9.17) is 5.26 Å². The summed E-state index contributed by atoms with van der Waals surface area (Å²) in [6, 6.07) is 14.1. The zero-order chi connectivity index (χ0) is 15.7. The molecule has 0 atom stereocenters. The Bertz CT molecular complexity index is 866. The summed E-state index contributed by atoms with van der Waals surface area (Å²) in [6.07, 6.45) is 1.94. The fourth-order valence-electron chi connectivity index (χ4n) is 2.81. The minimum atomic E-state index is 0.598. The van der Waals surface area contributed by atoms with Gasteiger partial charge in [-0.25, -0.2) is 0 Å². The van der Waals surface area contributed by atoms with Gasteiger partial charge in [0.05, 0.1) is 29.0 Å². The van der Waals surface area contributed by atoms with Gasteiger partial charge in [-0.2, -0.15) is 5.26 Å². The summed E-state index contributed by atoms with van der Waals surface area (Å²) in [5.41, 5.74) is 4.98. The molecule has 0 unspecified atom stereocenters. The number of benzene rings is 1. The molecule has 0 aliphatic rings. The lowest BCUT2D eigenvalue weighted by atomic mass is 10.1. The van der Waals surface area contributed by atoms with Crippen LogP contribution in [-0.4, -0.2) is 9.55 Å². The van der Waals surface area contributed by atoms with Gasteiger partial charge < -0.3 is 4.57 Å². The molecule has 3 rings (SSSR count). The summed E-state index contributed by atoms with van der Waals surface area (Å²) < 4.78 is 2.32. The molecule has 2 heterocycles. The molecule has 3 aromatic rings. The Morgan fingerprint density at radius 3 is 2.77 bits per heavy atom. The Labute approximate surface area is 130 Å². The molecule has 0 aliphatic heterocycles. The molecule has 1 aromatic carbocycles. The first-order chi connectivity index (χ1) is 10.6. The molecule has 0 radical (unpaired) electrons. The van der Waals surface area contributed by atoms with E-state index in [9.17, 15) is 0 Å². The van der Waals surface area contributed by atoms with Gasteiger partial charge in [-0.15, -0.1) is 0 Å². The van der Waals surface area contributed by atoms with Crippen molar-refractivity contribution in [2.75, 3.05) is 0 Å². The standard InChI is InChI=1S/C19H19N3/c1-13(2)12-22-14(3)7-17-9-18(21-11-19(17)22)16-6-4-5-15(8-16)10-20/h4-9,11,13H,12H2,1-3H3. The van der Waals surface area contributed by atoms with Crippen molar-refractivity contribution in [1.29, 1.82) is 5.26 Å². The molecule has 0 aliphatic carbocycles. The molecule has 22 heavy (non-hydrogen) atoms. The first-order valence-electron chi connectivity index (χ1n) is 7.55. The topological polar surface area (TPSA) is 41.6 Å². The van der Waals surface area contributed by atoms with E-state index in [1.54, 1.807) is 0 Å². The van der Waals surface area contributed by atoms with Crippen LogP contribution in [0.3, 0.4) is 0 Å². The second-order valence-electron chi connectivity index (χ2n) is 6.11. The van der Waals surface area contributed by atoms with Crippen molar-refractivity contribution in [3.05, 3.63) is 53.9 Å². The predicted molar refractivity (Wildman–Crippen MR) is 89.5 cm³/mol. The van der Waals surface area contributed by atoms with Gasteiger partial charge in [0.2, 0.25) is 0 Å². The molecule has 0 saturated heterocycles. The Morgan fingerprint density at radius 1 is 1.23 bits per heavy atom. The lowest BCUT2D eigenvalue weighted by Crippen LogP contribution is -2.05. The second kappa shape index (κ2) is 5.65. The summed E-state index contributed by atoms with van der Waals surface area (Å²) in [7, 11) is 0. The molecular weight excluding hydrogens is 270 g/mol. The van der Waals surface area contributed by atoms with Crippen molar-refractivity contribution >= 4 is 10.9 Å². The minimum absolute atomic E-state index is 0.598. The van der Waals surface area contributed by atoms with Gasteiger partial charge in [-0.05, 0) is 37.1 Å². The van der Waals surface area contributed by atoms with E-state index in [0.29, 0.717) is 11.5 Å². The molecule has 2 aromatic heterocycles. The number of hydrogen-bond acceptors (Lipinski definition) is 2. The highest BCUT2D eigenvalue weighted by molar-refractivity contribution is 5.84. The van der Waals surface area contributed by atoms with Gasteiger partial charge in [0.25, 0.3) is 0 Å². The number of pyridine rings is 1. The van der Waals surface area contributed by atoms with Crippen molar-refractivity contribution in [3.63, 3.8) is 0 Å². The van der Waals surface area contributed by atoms with Gasteiger partial charge in [-0.1, -0.05) is 26.0 Å². The van der Waals surface area contributed by atoms with E-state index in [1.165, 1.54) is 16.6 Å². The maximum absolute atomic E-state index is 9.03. The number of aryl methyl sites for hydroxylation is 1. The van der Waals surface area contributed by atoms with Crippen LogP contribution < -0.4 is 0 Å². The number of nitrogens with zero attached hydrogens (tertiary/aromatic N) is 3. The summed E-state index contributed by atoms with van der Waals surface area (Å²) in [6.45, 7) is 7.58. The van der Waals surface area contributed by atoms with Crippen LogP contribution in [0.1, 0.15) is 25.1 Å². The molecule has 0 spiro atoms. The minimum Gasteiger partial charge on any atom is -0.343 e. The van der Waals surface area contributed by atoms with Crippen LogP contribution in [0.2, 0.25) is 0 Å². The summed E-state index contributed by atoms with van der Waals surface area (Å²) in [4.78, 5) is 4.60. The Hall–Kier alpha value is -2.60. The van der Waals surface area contributed by atoms with Crippen molar-refractivity contribution in [3.8, 4) is 17.3 Å². The molecule has 0 fully saturated rings. The van der Waals surface area contributed by atoms with E-state index in [1.807, 2.05) is 30.5 Å². The first kappa shape index (κ1) is 14.3. The maximum Gasteiger partial charge on any atom is 0.0991 e. The fourth-order valence-corrected chi connectivity index (χ4v) is 2.81. The molecule has 0 N–H and O–H groups in total. The quantitative estimate of drug-likeness (QED) is 0.710. The zero-order valence-electron chi connectivity index (χ0n) is 13.2. The third-order valence-corrected chi connectivity index (χ3v) is 3.83. The van der Waals surface area contributed by atoms with Crippen LogP contribution in [0.4, 0.5) is 0 Å².